The van der Waals surface area contributed by atoms with Crippen molar-refractivity contribution in [3.8, 4) is 11.1 Å². The van der Waals surface area contributed by atoms with E-state index in [1.54, 1.807) is 13.8 Å². The van der Waals surface area contributed by atoms with Gasteiger partial charge in [-0.2, -0.15) is 0 Å². The predicted octanol–water partition coefficient (Wildman–Crippen LogP) is 3.73. The van der Waals surface area contributed by atoms with Gasteiger partial charge in [0.05, 0.1) is 5.92 Å². The Morgan fingerprint density at radius 2 is 1.56 bits per heavy atom. The molecule has 1 aliphatic heterocycles. The number of carbonyl (C=O) groups excluding carboxylic acids is 2. The van der Waals surface area contributed by atoms with Crippen molar-refractivity contribution in [3.63, 3.8) is 0 Å². The summed E-state index contributed by atoms with van der Waals surface area (Å²) in [6.07, 6.45) is 3.82. The molecule has 1 aliphatic rings. The summed E-state index contributed by atoms with van der Waals surface area (Å²) in [6, 6.07) is 16.5. The van der Waals surface area contributed by atoms with Crippen LogP contribution in [0.25, 0.3) is 11.1 Å². The fourth-order valence-electron chi connectivity index (χ4n) is 3.52. The molecule has 0 radical (unpaired) electrons. The number of hydrogen-bond acceptors (Lipinski definition) is 9. The number of nitrogens with two attached hydrogens (primary N) is 2. The molecule has 1 heterocycles. The third-order valence-corrected chi connectivity index (χ3v) is 6.39. The van der Waals surface area contributed by atoms with E-state index in [2.05, 4.69) is 34.6 Å². The fraction of sp³-hybridized carbons (Fsp3) is 0.360. The van der Waals surface area contributed by atoms with Crippen molar-refractivity contribution in [2.45, 2.75) is 38.0 Å². The van der Waals surface area contributed by atoms with E-state index in [1.807, 2.05) is 24.3 Å². The van der Waals surface area contributed by atoms with Crippen molar-refractivity contribution in [2.75, 3.05) is 24.8 Å². The number of anilines is 1. The van der Waals surface area contributed by atoms with E-state index >= 15 is 0 Å². The lowest BCUT2D eigenvalue weighted by molar-refractivity contribution is -0.167. The summed E-state index contributed by atoms with van der Waals surface area (Å²) in [5, 5.41) is 0.140. The van der Waals surface area contributed by atoms with Crippen molar-refractivity contribution in [3.05, 3.63) is 59.3 Å². The highest BCUT2D eigenvalue weighted by molar-refractivity contribution is 8.03. The molecule has 34 heavy (non-hydrogen) atoms. The van der Waals surface area contributed by atoms with E-state index in [4.69, 9.17) is 21.1 Å². The molecule has 2 aromatic rings. The fourth-order valence-corrected chi connectivity index (χ4v) is 4.29. The van der Waals surface area contributed by atoms with Gasteiger partial charge in [-0.25, -0.2) is 4.79 Å². The molecule has 8 nitrogen and oxygen atoms in total. The highest BCUT2D eigenvalue weighted by Gasteiger charge is 2.17. The lowest BCUT2D eigenvalue weighted by Gasteiger charge is -2.28. The van der Waals surface area contributed by atoms with Crippen molar-refractivity contribution in [1.82, 2.24) is 5.43 Å². The molecular formula is C25H32N4O4S. The summed E-state index contributed by atoms with van der Waals surface area (Å²) in [4.78, 5) is 27.0. The van der Waals surface area contributed by atoms with Crippen LogP contribution in [0.4, 0.5) is 5.69 Å². The zero-order valence-electron chi connectivity index (χ0n) is 19.6. The Bertz CT molecular complexity index is 1000. The number of ether oxygens (including phenoxy) is 2. The Labute approximate surface area is 204 Å². The van der Waals surface area contributed by atoms with E-state index < -0.39 is 18.7 Å². The monoisotopic (exact) mass is 484 g/mol. The molecule has 0 spiro atoms. The van der Waals surface area contributed by atoms with Crippen LogP contribution >= 0.6 is 11.8 Å². The van der Waals surface area contributed by atoms with Crippen LogP contribution in [0.5, 0.6) is 0 Å². The van der Waals surface area contributed by atoms with Crippen LogP contribution in [-0.4, -0.2) is 31.8 Å². The molecule has 2 aromatic carbocycles. The molecule has 182 valence electrons. The first kappa shape index (κ1) is 25.5. The minimum absolute atomic E-state index is 0.108. The van der Waals surface area contributed by atoms with Gasteiger partial charge in [-0.15, -0.1) is 0 Å². The quantitative estimate of drug-likeness (QED) is 0.122. The second kappa shape index (κ2) is 12.3. The number of piperidine rings is 1. The maximum Gasteiger partial charge on any atom is 0.361 e. The number of esters is 2. The van der Waals surface area contributed by atoms with E-state index in [1.165, 1.54) is 36.7 Å². The van der Waals surface area contributed by atoms with E-state index in [0.717, 1.165) is 29.1 Å². The van der Waals surface area contributed by atoms with Crippen LogP contribution in [-0.2, 0) is 19.1 Å². The number of benzene rings is 2. The van der Waals surface area contributed by atoms with E-state index in [9.17, 15) is 9.59 Å². The molecule has 5 N–H and O–H groups in total. The summed E-state index contributed by atoms with van der Waals surface area (Å²) in [5.41, 5.74) is 11.7. The number of hydrogen-bond donors (Lipinski definition) is 3. The number of thioether (sulfide) groups is 1. The number of carbonyl (C=O) groups is 2. The molecule has 0 unspecified atom stereocenters. The van der Waals surface area contributed by atoms with Crippen molar-refractivity contribution < 1.29 is 19.1 Å². The van der Waals surface area contributed by atoms with Crippen LogP contribution in [0, 0.1) is 5.92 Å². The number of nitrogens with one attached hydrogen (secondary N) is 1. The molecule has 0 aromatic heterocycles. The third-order valence-electron chi connectivity index (χ3n) is 5.46. The van der Waals surface area contributed by atoms with E-state index in [0.29, 0.717) is 0 Å². The normalized spacial score (nSPS) is 14.4. The van der Waals surface area contributed by atoms with Gasteiger partial charge in [0.25, 0.3) is 0 Å². The number of hydrazine groups is 1. The minimum atomic E-state index is -0.811. The van der Waals surface area contributed by atoms with Gasteiger partial charge in [0.2, 0.25) is 6.79 Å². The lowest BCUT2D eigenvalue weighted by atomic mass is 10.0. The topological polar surface area (TPSA) is 120 Å². The van der Waals surface area contributed by atoms with Gasteiger partial charge in [0, 0.05) is 23.7 Å². The Balaban J connectivity index is 1.60. The summed E-state index contributed by atoms with van der Waals surface area (Å²) < 4.78 is 9.77. The van der Waals surface area contributed by atoms with Gasteiger partial charge in [0.15, 0.2) is 5.70 Å². The van der Waals surface area contributed by atoms with Crippen LogP contribution in [0.2, 0.25) is 0 Å². The summed E-state index contributed by atoms with van der Waals surface area (Å²) >= 11 is 1.17. The van der Waals surface area contributed by atoms with Crippen LogP contribution in [0.3, 0.4) is 0 Å². The second-order valence-corrected chi connectivity index (χ2v) is 9.39. The summed E-state index contributed by atoms with van der Waals surface area (Å²) in [5.74, 6) is 3.86. The molecule has 9 heteroatoms. The molecule has 0 atom stereocenters. The Kier molecular flexibility index (Phi) is 9.24. The standard InChI is InChI=1S/C25H32N4O4S/c1-17(2)24(30)32-16-33-25(31)22(28-27)23(26)34-21-12-8-19(9-13-21)18-6-10-20(11-7-18)29-14-4-3-5-15-29/h6-13,17,28H,3-5,14-16,26-27H2,1-2H3/b23-22+. The maximum atomic E-state index is 12.2. The molecule has 1 saturated heterocycles. The zero-order valence-corrected chi connectivity index (χ0v) is 20.4. The SMILES string of the molecule is CC(C)C(=O)OCOC(=O)/C(NN)=C(/N)Sc1ccc(-c2ccc(N3CCCCC3)cc2)cc1. The molecule has 0 aliphatic carbocycles. The highest BCUT2D eigenvalue weighted by atomic mass is 32.2. The molecule has 1 fully saturated rings. The first-order valence-corrected chi connectivity index (χ1v) is 12.1. The smallest absolute Gasteiger partial charge is 0.361 e. The average molecular weight is 485 g/mol. The minimum Gasteiger partial charge on any atom is -0.428 e. The van der Waals surface area contributed by atoms with Gasteiger partial charge in [-0.05, 0) is 54.7 Å². The predicted molar refractivity (Wildman–Crippen MR) is 134 cm³/mol. The first-order valence-electron chi connectivity index (χ1n) is 11.3. The highest BCUT2D eigenvalue weighted by Crippen LogP contribution is 2.29. The second-order valence-electron chi connectivity index (χ2n) is 8.27. The van der Waals surface area contributed by atoms with Crippen LogP contribution in [0.15, 0.2) is 64.2 Å². The van der Waals surface area contributed by atoms with E-state index in [-0.39, 0.29) is 16.6 Å². The molecule has 0 amide bonds. The molecule has 3 rings (SSSR count). The lowest BCUT2D eigenvalue weighted by Crippen LogP contribution is -2.31. The first-order chi connectivity index (χ1) is 16.4. The van der Waals surface area contributed by atoms with Crippen LogP contribution < -0.4 is 21.9 Å². The van der Waals surface area contributed by atoms with Gasteiger partial charge in [-0.3, -0.25) is 10.6 Å². The Hall–Kier alpha value is -3.17. The van der Waals surface area contributed by atoms with Crippen molar-refractivity contribution in [2.24, 2.45) is 17.5 Å². The largest absolute Gasteiger partial charge is 0.428 e. The average Bonchev–Trinajstić information content (AvgIpc) is 2.85. The molecule has 0 saturated carbocycles. The molecule has 0 bridgehead atoms. The van der Waals surface area contributed by atoms with Gasteiger partial charge in [0.1, 0.15) is 5.03 Å². The van der Waals surface area contributed by atoms with Crippen LogP contribution in [0.1, 0.15) is 33.1 Å². The molecular weight excluding hydrogens is 452 g/mol. The third kappa shape index (κ3) is 6.91. The summed E-state index contributed by atoms with van der Waals surface area (Å²) in [7, 11) is 0. The number of rotatable bonds is 9. The maximum absolute atomic E-state index is 12.2. The zero-order chi connectivity index (χ0) is 24.5. The summed E-state index contributed by atoms with van der Waals surface area (Å²) in [6.45, 7) is 5.10. The van der Waals surface area contributed by atoms with Gasteiger partial charge in [-0.1, -0.05) is 49.9 Å². The Morgan fingerprint density at radius 1 is 0.971 bits per heavy atom. The Morgan fingerprint density at radius 3 is 2.12 bits per heavy atom. The van der Waals surface area contributed by atoms with Gasteiger partial charge < -0.3 is 25.5 Å². The van der Waals surface area contributed by atoms with Crippen molar-refractivity contribution >= 4 is 29.4 Å². The van der Waals surface area contributed by atoms with Gasteiger partial charge >= 0.3 is 11.9 Å². The number of nitrogens with zero attached hydrogens (tertiary/aromatic N) is 1. The van der Waals surface area contributed by atoms with Crippen molar-refractivity contribution in [1.29, 1.82) is 0 Å².